The summed E-state index contributed by atoms with van der Waals surface area (Å²) in [6.07, 6.45) is 2.24. The Balaban J connectivity index is 1.71. The van der Waals surface area contributed by atoms with Crippen molar-refractivity contribution in [2.45, 2.75) is 19.4 Å². The minimum Gasteiger partial charge on any atom is -0.334 e. The molecule has 0 saturated carbocycles. The summed E-state index contributed by atoms with van der Waals surface area (Å²) in [5, 5.41) is 3.32. The van der Waals surface area contributed by atoms with Gasteiger partial charge in [0.05, 0.1) is 0 Å². The number of hydrogen-bond donors (Lipinski definition) is 1. The Morgan fingerprint density at radius 1 is 1.33 bits per heavy atom. The largest absolute Gasteiger partial charge is 0.334 e. The Hall–Kier alpha value is -1.42. The summed E-state index contributed by atoms with van der Waals surface area (Å²) in [7, 11) is 0. The predicted octanol–water partition coefficient (Wildman–Crippen LogP) is 1.78. The lowest BCUT2D eigenvalue weighted by molar-refractivity contribution is 0.0740. The highest BCUT2D eigenvalue weighted by atomic mass is 19.1. The quantitative estimate of drug-likeness (QED) is 0.865. The second-order valence-corrected chi connectivity index (χ2v) is 5.18. The lowest BCUT2D eigenvalue weighted by atomic mass is 9.98. The van der Waals surface area contributed by atoms with Crippen molar-refractivity contribution in [3.63, 3.8) is 0 Å². The molecule has 0 bridgehead atoms. The van der Waals surface area contributed by atoms with Gasteiger partial charge in [-0.1, -0.05) is 0 Å². The predicted molar refractivity (Wildman–Crippen MR) is 66.7 cm³/mol. The molecule has 0 radical (unpaired) electrons. The number of hydrogen-bond acceptors (Lipinski definition) is 2. The van der Waals surface area contributed by atoms with E-state index in [4.69, 9.17) is 0 Å². The molecule has 18 heavy (non-hydrogen) atoms. The molecule has 4 heteroatoms. The van der Waals surface area contributed by atoms with Crippen LogP contribution in [-0.2, 0) is 6.54 Å². The molecule has 0 aromatic heterocycles. The van der Waals surface area contributed by atoms with Crippen LogP contribution in [0, 0.1) is 11.7 Å². The summed E-state index contributed by atoms with van der Waals surface area (Å²) < 4.78 is 13.1. The molecule has 1 N–H and O–H groups in total. The van der Waals surface area contributed by atoms with Gasteiger partial charge in [0, 0.05) is 18.7 Å². The van der Waals surface area contributed by atoms with Crippen LogP contribution in [0.5, 0.6) is 0 Å². The number of nitrogens with zero attached hydrogens (tertiary/aromatic N) is 1. The molecule has 3 nitrogen and oxygen atoms in total. The first-order valence-corrected chi connectivity index (χ1v) is 6.52. The summed E-state index contributed by atoms with van der Waals surface area (Å²) in [5.74, 6) is 0.378. The molecule has 0 atom stereocenters. The van der Waals surface area contributed by atoms with Crippen LogP contribution < -0.4 is 5.32 Å². The first kappa shape index (κ1) is 11.7. The smallest absolute Gasteiger partial charge is 0.254 e. The fourth-order valence-electron chi connectivity index (χ4n) is 2.87. The third kappa shape index (κ3) is 2.12. The van der Waals surface area contributed by atoms with E-state index in [1.54, 1.807) is 6.07 Å². The van der Waals surface area contributed by atoms with Crippen molar-refractivity contribution < 1.29 is 9.18 Å². The summed E-state index contributed by atoms with van der Waals surface area (Å²) in [6.45, 7) is 3.44. The molecule has 2 heterocycles. The van der Waals surface area contributed by atoms with Gasteiger partial charge in [0.1, 0.15) is 5.82 Å². The van der Waals surface area contributed by atoms with Gasteiger partial charge in [0.25, 0.3) is 5.91 Å². The minimum atomic E-state index is -0.259. The van der Waals surface area contributed by atoms with E-state index in [-0.39, 0.29) is 11.7 Å². The molecule has 96 valence electrons. The Bertz CT molecular complexity index is 469. The number of benzene rings is 1. The van der Waals surface area contributed by atoms with Crippen molar-refractivity contribution in [2.75, 3.05) is 19.6 Å². The number of nitrogens with one attached hydrogen (secondary N) is 1. The average Bonchev–Trinajstić information content (AvgIpc) is 2.67. The standard InChI is InChI=1S/C14H17FN2O/c15-12-1-2-13-11(7-12)9-17(14(13)18)8-10-3-5-16-6-4-10/h1-2,7,10,16H,3-6,8-9H2. The van der Waals surface area contributed by atoms with Crippen LogP contribution in [0.1, 0.15) is 28.8 Å². The van der Waals surface area contributed by atoms with Gasteiger partial charge in [0.15, 0.2) is 0 Å². The van der Waals surface area contributed by atoms with Crippen molar-refractivity contribution in [2.24, 2.45) is 5.92 Å². The van der Waals surface area contributed by atoms with Gasteiger partial charge < -0.3 is 10.2 Å². The Labute approximate surface area is 106 Å². The molecular formula is C14H17FN2O. The Morgan fingerprint density at radius 3 is 2.89 bits per heavy atom. The number of carbonyl (C=O) groups is 1. The SMILES string of the molecule is O=C1c2ccc(F)cc2CN1CC1CCNCC1. The number of fused-ring (bicyclic) bond motifs is 1. The van der Waals surface area contributed by atoms with Crippen LogP contribution >= 0.6 is 0 Å². The number of piperidine rings is 1. The summed E-state index contributed by atoms with van der Waals surface area (Å²) in [4.78, 5) is 14.0. The zero-order chi connectivity index (χ0) is 12.5. The number of rotatable bonds is 2. The van der Waals surface area contributed by atoms with Crippen molar-refractivity contribution in [3.05, 3.63) is 35.1 Å². The number of carbonyl (C=O) groups excluding carboxylic acids is 1. The third-order valence-corrected chi connectivity index (χ3v) is 3.88. The summed E-state index contributed by atoms with van der Waals surface area (Å²) in [5.41, 5.74) is 1.50. The molecule has 0 unspecified atom stereocenters. The van der Waals surface area contributed by atoms with Crippen LogP contribution in [0.25, 0.3) is 0 Å². The Kier molecular flexibility index (Phi) is 3.04. The van der Waals surface area contributed by atoms with E-state index in [2.05, 4.69) is 5.32 Å². The van der Waals surface area contributed by atoms with Gasteiger partial charge in [-0.2, -0.15) is 0 Å². The molecule has 1 saturated heterocycles. The third-order valence-electron chi connectivity index (χ3n) is 3.88. The summed E-state index contributed by atoms with van der Waals surface area (Å²) in [6, 6.07) is 4.45. The van der Waals surface area contributed by atoms with Crippen LogP contribution in [0.15, 0.2) is 18.2 Å². The second kappa shape index (κ2) is 4.69. The lowest BCUT2D eigenvalue weighted by Crippen LogP contribution is -2.36. The van der Waals surface area contributed by atoms with Crippen LogP contribution in [0.2, 0.25) is 0 Å². The molecule has 1 fully saturated rings. The maximum atomic E-state index is 13.1. The zero-order valence-electron chi connectivity index (χ0n) is 10.3. The van der Waals surface area contributed by atoms with Gasteiger partial charge in [-0.05, 0) is 55.6 Å². The monoisotopic (exact) mass is 248 g/mol. The van der Waals surface area contributed by atoms with Gasteiger partial charge in [-0.15, -0.1) is 0 Å². The molecule has 1 aromatic carbocycles. The number of halogens is 1. The molecule has 0 aliphatic carbocycles. The maximum absolute atomic E-state index is 13.1. The van der Waals surface area contributed by atoms with E-state index in [1.165, 1.54) is 12.1 Å². The fraction of sp³-hybridized carbons (Fsp3) is 0.500. The highest BCUT2D eigenvalue weighted by Gasteiger charge is 2.29. The van der Waals surface area contributed by atoms with Crippen LogP contribution in [0.3, 0.4) is 0 Å². The van der Waals surface area contributed by atoms with Gasteiger partial charge >= 0.3 is 0 Å². The van der Waals surface area contributed by atoms with Gasteiger partial charge in [-0.25, -0.2) is 4.39 Å². The molecule has 2 aliphatic heterocycles. The Morgan fingerprint density at radius 2 is 2.11 bits per heavy atom. The molecular weight excluding hydrogens is 231 g/mol. The van der Waals surface area contributed by atoms with Crippen molar-refractivity contribution in [1.82, 2.24) is 10.2 Å². The average molecular weight is 248 g/mol. The minimum absolute atomic E-state index is 0.0588. The molecule has 1 amide bonds. The van der Waals surface area contributed by atoms with E-state index in [0.29, 0.717) is 18.0 Å². The first-order valence-electron chi connectivity index (χ1n) is 6.52. The molecule has 2 aliphatic rings. The van der Waals surface area contributed by atoms with Crippen LogP contribution in [-0.4, -0.2) is 30.4 Å². The first-order chi connectivity index (χ1) is 8.74. The highest BCUT2D eigenvalue weighted by molar-refractivity contribution is 5.98. The summed E-state index contributed by atoms with van der Waals surface area (Å²) >= 11 is 0. The molecule has 1 aromatic rings. The van der Waals surface area contributed by atoms with E-state index in [0.717, 1.165) is 38.0 Å². The topological polar surface area (TPSA) is 32.3 Å². The van der Waals surface area contributed by atoms with E-state index in [1.807, 2.05) is 4.90 Å². The highest BCUT2D eigenvalue weighted by Crippen LogP contribution is 2.25. The molecule has 0 spiro atoms. The lowest BCUT2D eigenvalue weighted by Gasteiger charge is -2.27. The van der Waals surface area contributed by atoms with E-state index < -0.39 is 0 Å². The van der Waals surface area contributed by atoms with E-state index in [9.17, 15) is 9.18 Å². The van der Waals surface area contributed by atoms with Crippen molar-refractivity contribution in [3.8, 4) is 0 Å². The normalized spacial score (nSPS) is 20.3. The second-order valence-electron chi connectivity index (χ2n) is 5.18. The molecule has 3 rings (SSSR count). The van der Waals surface area contributed by atoms with Crippen molar-refractivity contribution in [1.29, 1.82) is 0 Å². The zero-order valence-corrected chi connectivity index (χ0v) is 10.3. The van der Waals surface area contributed by atoms with E-state index >= 15 is 0 Å². The number of amides is 1. The maximum Gasteiger partial charge on any atom is 0.254 e. The van der Waals surface area contributed by atoms with Crippen LogP contribution in [0.4, 0.5) is 4.39 Å². The van der Waals surface area contributed by atoms with Crippen molar-refractivity contribution >= 4 is 5.91 Å². The van der Waals surface area contributed by atoms with Gasteiger partial charge in [-0.3, -0.25) is 4.79 Å². The fourth-order valence-corrected chi connectivity index (χ4v) is 2.87. The van der Waals surface area contributed by atoms with Gasteiger partial charge in [0.2, 0.25) is 0 Å².